The zero-order chi connectivity index (χ0) is 15.6. The molecule has 2 aromatic carbocycles. The fourth-order valence-corrected chi connectivity index (χ4v) is 2.17. The summed E-state index contributed by atoms with van der Waals surface area (Å²) in [5, 5.41) is 0. The van der Waals surface area contributed by atoms with E-state index in [1.165, 1.54) is 24.3 Å². The molecule has 0 spiro atoms. The molecule has 0 aromatic heterocycles. The van der Waals surface area contributed by atoms with Crippen LogP contribution in [0.4, 0.5) is 13.2 Å². The van der Waals surface area contributed by atoms with Gasteiger partial charge in [0.15, 0.2) is 11.6 Å². The highest BCUT2D eigenvalue weighted by atomic mass is 79.9. The van der Waals surface area contributed by atoms with E-state index in [1.807, 2.05) is 0 Å². The van der Waals surface area contributed by atoms with Crippen LogP contribution in [0.25, 0.3) is 0 Å². The van der Waals surface area contributed by atoms with Crippen molar-refractivity contribution in [3.8, 4) is 5.75 Å². The quantitative estimate of drug-likeness (QED) is 0.645. The topological polar surface area (TPSA) is 35.2 Å². The molecule has 0 heterocycles. The van der Waals surface area contributed by atoms with Crippen molar-refractivity contribution >= 4 is 33.1 Å². The zero-order valence-corrected chi connectivity index (χ0v) is 12.9. The fraction of sp³-hybridized carbons (Fsp3) is 0.0714. The normalized spacial score (nSPS) is 10.5. The summed E-state index contributed by atoms with van der Waals surface area (Å²) in [5.41, 5.74) is 6.06. The Bertz CT molecular complexity index is 709. The third kappa shape index (κ3) is 3.74. The Morgan fingerprint density at radius 1 is 1.14 bits per heavy atom. The molecule has 0 aliphatic carbocycles. The molecule has 2 nitrogen and oxygen atoms in total. The van der Waals surface area contributed by atoms with E-state index >= 15 is 0 Å². The summed E-state index contributed by atoms with van der Waals surface area (Å²) in [6, 6.07) is 6.25. The molecule has 0 aliphatic heterocycles. The predicted molar refractivity (Wildman–Crippen MR) is 80.7 cm³/mol. The Kier molecular flexibility index (Phi) is 4.84. The van der Waals surface area contributed by atoms with E-state index in [1.54, 1.807) is 0 Å². The van der Waals surface area contributed by atoms with Crippen molar-refractivity contribution in [1.29, 1.82) is 0 Å². The van der Waals surface area contributed by atoms with Gasteiger partial charge < -0.3 is 10.5 Å². The Morgan fingerprint density at radius 3 is 2.52 bits per heavy atom. The van der Waals surface area contributed by atoms with Crippen LogP contribution < -0.4 is 10.5 Å². The summed E-state index contributed by atoms with van der Waals surface area (Å²) in [6.07, 6.45) is 0. The van der Waals surface area contributed by atoms with Crippen LogP contribution in [-0.4, -0.2) is 4.99 Å². The van der Waals surface area contributed by atoms with Gasteiger partial charge in [0.25, 0.3) is 0 Å². The summed E-state index contributed by atoms with van der Waals surface area (Å²) in [7, 11) is 0. The molecule has 2 aromatic rings. The number of nitrogens with two attached hydrogens (primary N) is 1. The van der Waals surface area contributed by atoms with Crippen LogP contribution in [0.5, 0.6) is 5.75 Å². The lowest BCUT2D eigenvalue weighted by Crippen LogP contribution is -2.11. The Morgan fingerprint density at radius 2 is 1.86 bits per heavy atom. The molecule has 7 heteroatoms. The number of hydrogen-bond acceptors (Lipinski definition) is 2. The van der Waals surface area contributed by atoms with Crippen LogP contribution in [-0.2, 0) is 6.61 Å². The lowest BCUT2D eigenvalue weighted by Gasteiger charge is -2.10. The first-order valence-corrected chi connectivity index (χ1v) is 6.94. The number of halogens is 4. The molecule has 110 valence electrons. The van der Waals surface area contributed by atoms with E-state index in [-0.39, 0.29) is 22.9 Å². The molecule has 0 bridgehead atoms. The minimum absolute atomic E-state index is 0.107. The number of ether oxygens (including phenoxy) is 1. The molecule has 0 aliphatic rings. The number of hydrogen-bond donors (Lipinski definition) is 1. The SMILES string of the molecule is NC(=S)c1ccc(F)c(COc2cc(Br)cc(F)c2F)c1. The molecule has 0 fully saturated rings. The molecular weight excluding hydrogens is 367 g/mol. The third-order valence-electron chi connectivity index (χ3n) is 2.67. The first-order chi connectivity index (χ1) is 9.88. The third-order valence-corrected chi connectivity index (χ3v) is 3.37. The lowest BCUT2D eigenvalue weighted by atomic mass is 10.1. The van der Waals surface area contributed by atoms with Crippen molar-refractivity contribution in [2.45, 2.75) is 6.61 Å². The van der Waals surface area contributed by atoms with Gasteiger partial charge in [-0.15, -0.1) is 0 Å². The van der Waals surface area contributed by atoms with Crippen molar-refractivity contribution < 1.29 is 17.9 Å². The van der Waals surface area contributed by atoms with Crippen molar-refractivity contribution in [1.82, 2.24) is 0 Å². The molecule has 0 unspecified atom stereocenters. The second kappa shape index (κ2) is 6.44. The summed E-state index contributed by atoms with van der Waals surface area (Å²) < 4.78 is 45.9. The average Bonchev–Trinajstić information content (AvgIpc) is 2.42. The standard InChI is InChI=1S/C14H9BrF3NOS/c15-9-4-11(17)13(18)12(5-9)20-6-8-3-7(14(19)21)1-2-10(8)16/h1-5H,6H2,(H2,19,21). The van der Waals surface area contributed by atoms with Crippen LogP contribution in [0, 0.1) is 17.5 Å². The minimum Gasteiger partial charge on any atom is -0.486 e. The van der Waals surface area contributed by atoms with Crippen LogP contribution in [0.1, 0.15) is 11.1 Å². The van der Waals surface area contributed by atoms with Crippen molar-refractivity contribution in [2.24, 2.45) is 5.73 Å². The Hall–Kier alpha value is -1.60. The van der Waals surface area contributed by atoms with Crippen LogP contribution in [0.2, 0.25) is 0 Å². The lowest BCUT2D eigenvalue weighted by molar-refractivity contribution is 0.279. The molecule has 0 saturated carbocycles. The first-order valence-electron chi connectivity index (χ1n) is 5.74. The molecule has 0 amide bonds. The van der Waals surface area contributed by atoms with Gasteiger partial charge in [0.2, 0.25) is 5.82 Å². The molecular formula is C14H9BrF3NOS. The van der Waals surface area contributed by atoms with Gasteiger partial charge in [0.05, 0.1) is 0 Å². The maximum absolute atomic E-state index is 13.7. The summed E-state index contributed by atoms with van der Waals surface area (Å²) in [4.78, 5) is 0.107. The number of benzene rings is 2. The van der Waals surface area contributed by atoms with Gasteiger partial charge in [-0.25, -0.2) is 8.78 Å². The Balaban J connectivity index is 2.24. The van der Waals surface area contributed by atoms with Crippen LogP contribution in [0.3, 0.4) is 0 Å². The molecule has 2 rings (SSSR count). The maximum atomic E-state index is 13.7. The van der Waals surface area contributed by atoms with Gasteiger partial charge in [-0.2, -0.15) is 4.39 Å². The number of rotatable bonds is 4. The van der Waals surface area contributed by atoms with E-state index in [2.05, 4.69) is 15.9 Å². The smallest absolute Gasteiger partial charge is 0.200 e. The second-order valence-corrected chi connectivity index (χ2v) is 5.51. The monoisotopic (exact) mass is 375 g/mol. The zero-order valence-electron chi connectivity index (χ0n) is 10.5. The average molecular weight is 376 g/mol. The molecule has 0 atom stereocenters. The van der Waals surface area contributed by atoms with Gasteiger partial charge in [0.1, 0.15) is 17.4 Å². The summed E-state index contributed by atoms with van der Waals surface area (Å²) in [6.45, 7) is -0.283. The maximum Gasteiger partial charge on any atom is 0.200 e. The van der Waals surface area contributed by atoms with E-state index in [4.69, 9.17) is 22.7 Å². The van der Waals surface area contributed by atoms with E-state index in [0.717, 1.165) is 6.07 Å². The Labute approximate surface area is 132 Å². The molecule has 2 N–H and O–H groups in total. The van der Waals surface area contributed by atoms with Gasteiger partial charge in [-0.1, -0.05) is 28.1 Å². The highest BCUT2D eigenvalue weighted by molar-refractivity contribution is 9.10. The van der Waals surface area contributed by atoms with E-state index in [9.17, 15) is 13.2 Å². The fourth-order valence-electron chi connectivity index (χ4n) is 1.63. The van der Waals surface area contributed by atoms with Crippen LogP contribution in [0.15, 0.2) is 34.8 Å². The van der Waals surface area contributed by atoms with Crippen molar-refractivity contribution in [3.05, 3.63) is 63.4 Å². The minimum atomic E-state index is -1.14. The van der Waals surface area contributed by atoms with Gasteiger partial charge in [-0.05, 0) is 30.3 Å². The van der Waals surface area contributed by atoms with Gasteiger partial charge in [-0.3, -0.25) is 0 Å². The van der Waals surface area contributed by atoms with Gasteiger partial charge >= 0.3 is 0 Å². The van der Waals surface area contributed by atoms with E-state index in [0.29, 0.717) is 10.0 Å². The predicted octanol–water partition coefficient (Wildman–Crippen LogP) is 4.08. The van der Waals surface area contributed by atoms with Crippen molar-refractivity contribution in [3.63, 3.8) is 0 Å². The van der Waals surface area contributed by atoms with Gasteiger partial charge in [0, 0.05) is 15.6 Å². The second-order valence-electron chi connectivity index (χ2n) is 4.16. The highest BCUT2D eigenvalue weighted by Crippen LogP contribution is 2.26. The molecule has 0 radical (unpaired) electrons. The highest BCUT2D eigenvalue weighted by Gasteiger charge is 2.13. The van der Waals surface area contributed by atoms with Crippen LogP contribution >= 0.6 is 28.1 Å². The molecule has 21 heavy (non-hydrogen) atoms. The molecule has 0 saturated heterocycles. The number of thiocarbonyl (C=S) groups is 1. The first kappa shape index (κ1) is 15.8. The summed E-state index contributed by atoms with van der Waals surface area (Å²) >= 11 is 7.82. The van der Waals surface area contributed by atoms with E-state index < -0.39 is 17.5 Å². The largest absolute Gasteiger partial charge is 0.486 e. The van der Waals surface area contributed by atoms with Crippen molar-refractivity contribution in [2.75, 3.05) is 0 Å². The summed E-state index contributed by atoms with van der Waals surface area (Å²) in [5.74, 6) is -3.06.